The molecule has 1 unspecified atom stereocenters. The maximum atomic E-state index is 12.4. The van der Waals surface area contributed by atoms with Crippen molar-refractivity contribution in [3.05, 3.63) is 38.7 Å². The van der Waals surface area contributed by atoms with Gasteiger partial charge in [0.1, 0.15) is 0 Å². The van der Waals surface area contributed by atoms with Crippen LogP contribution in [0.4, 0.5) is 11.4 Å². The summed E-state index contributed by atoms with van der Waals surface area (Å²) in [7, 11) is 1.63. The van der Waals surface area contributed by atoms with Crippen LogP contribution in [0.25, 0.3) is 10.9 Å². The van der Waals surface area contributed by atoms with Crippen molar-refractivity contribution in [3.8, 4) is 5.75 Å². The number of pyridine rings is 1. The van der Waals surface area contributed by atoms with Gasteiger partial charge in [-0.15, -0.1) is 0 Å². The summed E-state index contributed by atoms with van der Waals surface area (Å²) < 4.78 is 7.03. The lowest BCUT2D eigenvalue weighted by atomic mass is 10.1. The molecule has 1 N–H and O–H groups in total. The predicted octanol–water partition coefficient (Wildman–Crippen LogP) is 2.03. The number of aryl methyl sites for hydroxylation is 1. The number of hydrogen-bond acceptors (Lipinski definition) is 5. The van der Waals surface area contributed by atoms with E-state index in [0.717, 1.165) is 6.42 Å². The molecule has 21 heavy (non-hydrogen) atoms. The molecule has 0 fully saturated rings. The number of benzene rings is 1. The topological polar surface area (TPSA) is 86.4 Å². The van der Waals surface area contributed by atoms with Crippen molar-refractivity contribution in [2.45, 2.75) is 19.4 Å². The fourth-order valence-corrected chi connectivity index (χ4v) is 2.55. The molecule has 1 aromatic heterocycles. The fraction of sp³-hybridized carbons (Fsp3) is 0.357. The number of rotatable bonds is 1. The number of non-ortho nitro benzene ring substituents is 1. The monoisotopic (exact) mass is 289 g/mol. The Hall–Kier alpha value is -2.57. The summed E-state index contributed by atoms with van der Waals surface area (Å²) in [4.78, 5) is 22.9. The molecule has 0 radical (unpaired) electrons. The Morgan fingerprint density at radius 2 is 2.24 bits per heavy atom. The quantitative estimate of drug-likeness (QED) is 0.641. The van der Waals surface area contributed by atoms with E-state index in [4.69, 9.17) is 4.74 Å². The van der Waals surface area contributed by atoms with Crippen LogP contribution in [0.5, 0.6) is 5.75 Å². The van der Waals surface area contributed by atoms with Crippen LogP contribution in [0.3, 0.4) is 0 Å². The number of fused-ring (bicyclic) bond motifs is 3. The van der Waals surface area contributed by atoms with Gasteiger partial charge in [0.25, 0.3) is 11.2 Å². The molecule has 1 aliphatic rings. The Morgan fingerprint density at radius 3 is 2.95 bits per heavy atom. The Kier molecular flexibility index (Phi) is 3.04. The van der Waals surface area contributed by atoms with E-state index in [1.165, 1.54) is 16.7 Å². The van der Waals surface area contributed by atoms with Gasteiger partial charge in [-0.25, -0.2) is 0 Å². The van der Waals surface area contributed by atoms with Crippen LogP contribution in [0.15, 0.2) is 23.0 Å². The minimum Gasteiger partial charge on any atom is -0.486 e. The molecule has 7 nitrogen and oxygen atoms in total. The maximum Gasteiger partial charge on any atom is 0.295 e. The van der Waals surface area contributed by atoms with Crippen LogP contribution < -0.4 is 15.6 Å². The molecule has 110 valence electrons. The first-order chi connectivity index (χ1) is 9.99. The van der Waals surface area contributed by atoms with Gasteiger partial charge in [0.2, 0.25) is 5.75 Å². The van der Waals surface area contributed by atoms with Crippen molar-refractivity contribution in [1.82, 2.24) is 4.57 Å². The highest BCUT2D eigenvalue weighted by atomic mass is 16.6. The number of aromatic nitrogens is 1. The first kappa shape index (κ1) is 13.4. The number of ether oxygens (including phenoxy) is 1. The van der Waals surface area contributed by atoms with Gasteiger partial charge in [0.05, 0.1) is 22.7 Å². The zero-order valence-corrected chi connectivity index (χ0v) is 11.8. The minimum atomic E-state index is -0.447. The van der Waals surface area contributed by atoms with E-state index in [2.05, 4.69) is 5.32 Å². The fourth-order valence-electron chi connectivity index (χ4n) is 2.55. The van der Waals surface area contributed by atoms with Crippen molar-refractivity contribution >= 4 is 22.3 Å². The molecule has 2 heterocycles. The highest BCUT2D eigenvalue weighted by molar-refractivity contribution is 5.96. The van der Waals surface area contributed by atoms with E-state index < -0.39 is 4.92 Å². The molecule has 0 saturated carbocycles. The number of nitro groups is 1. The van der Waals surface area contributed by atoms with Gasteiger partial charge in [-0.3, -0.25) is 14.9 Å². The van der Waals surface area contributed by atoms with E-state index in [1.54, 1.807) is 13.1 Å². The predicted molar refractivity (Wildman–Crippen MR) is 79.0 cm³/mol. The van der Waals surface area contributed by atoms with Crippen molar-refractivity contribution in [2.75, 3.05) is 11.9 Å². The smallest absolute Gasteiger partial charge is 0.295 e. The first-order valence-electron chi connectivity index (χ1n) is 6.69. The van der Waals surface area contributed by atoms with Gasteiger partial charge in [-0.1, -0.05) is 0 Å². The summed E-state index contributed by atoms with van der Waals surface area (Å²) in [6, 6.07) is 4.59. The SMILES string of the molecule is CC1CCOc2c(c3cc([N+](=O)[O-])ccc3n(C)c2=O)N1. The maximum absolute atomic E-state index is 12.4. The Morgan fingerprint density at radius 1 is 1.48 bits per heavy atom. The molecule has 7 heteroatoms. The molecule has 1 aromatic carbocycles. The molecule has 0 saturated heterocycles. The van der Waals surface area contributed by atoms with Crippen LogP contribution in [-0.2, 0) is 7.05 Å². The minimum absolute atomic E-state index is 0.0120. The lowest BCUT2D eigenvalue weighted by molar-refractivity contribution is -0.384. The van der Waals surface area contributed by atoms with Gasteiger partial charge in [-0.2, -0.15) is 0 Å². The molecule has 1 atom stereocenters. The number of hydrogen-bond donors (Lipinski definition) is 1. The van der Waals surface area contributed by atoms with E-state index in [0.29, 0.717) is 23.2 Å². The largest absolute Gasteiger partial charge is 0.486 e. The Bertz CT molecular complexity index is 797. The van der Waals surface area contributed by atoms with Crippen LogP contribution in [0.2, 0.25) is 0 Å². The zero-order chi connectivity index (χ0) is 15.1. The number of nitro benzene ring substituents is 1. The zero-order valence-electron chi connectivity index (χ0n) is 11.8. The van der Waals surface area contributed by atoms with Crippen LogP contribution in [-0.4, -0.2) is 22.1 Å². The normalized spacial score (nSPS) is 17.5. The molecule has 0 aliphatic carbocycles. The lowest BCUT2D eigenvalue weighted by Gasteiger charge is -2.15. The average Bonchev–Trinajstić information content (AvgIpc) is 2.66. The van der Waals surface area contributed by atoms with Crippen molar-refractivity contribution in [1.29, 1.82) is 0 Å². The molecule has 2 aromatic rings. The molecule has 0 spiro atoms. The Balaban J connectivity index is 2.39. The summed E-state index contributed by atoms with van der Waals surface area (Å²) in [6.07, 6.45) is 0.758. The van der Waals surface area contributed by atoms with Crippen LogP contribution in [0, 0.1) is 10.1 Å². The lowest BCUT2D eigenvalue weighted by Crippen LogP contribution is -2.21. The second-order valence-corrected chi connectivity index (χ2v) is 5.21. The van der Waals surface area contributed by atoms with Gasteiger partial charge in [0, 0.05) is 37.0 Å². The van der Waals surface area contributed by atoms with Gasteiger partial charge < -0.3 is 14.6 Å². The first-order valence-corrected chi connectivity index (χ1v) is 6.69. The average molecular weight is 289 g/mol. The highest BCUT2D eigenvalue weighted by Gasteiger charge is 2.22. The van der Waals surface area contributed by atoms with Crippen molar-refractivity contribution < 1.29 is 9.66 Å². The van der Waals surface area contributed by atoms with E-state index >= 15 is 0 Å². The molecule has 3 rings (SSSR count). The summed E-state index contributed by atoms with van der Waals surface area (Å²) >= 11 is 0. The molecule has 0 amide bonds. The highest BCUT2D eigenvalue weighted by Crippen LogP contribution is 2.34. The van der Waals surface area contributed by atoms with Crippen LogP contribution >= 0.6 is 0 Å². The van der Waals surface area contributed by atoms with E-state index in [9.17, 15) is 14.9 Å². The van der Waals surface area contributed by atoms with E-state index in [-0.39, 0.29) is 23.0 Å². The number of nitrogens with one attached hydrogen (secondary N) is 1. The van der Waals surface area contributed by atoms with Crippen molar-refractivity contribution in [3.63, 3.8) is 0 Å². The second-order valence-electron chi connectivity index (χ2n) is 5.21. The summed E-state index contributed by atoms with van der Waals surface area (Å²) in [5.74, 6) is 0.231. The van der Waals surface area contributed by atoms with Crippen molar-refractivity contribution in [2.24, 2.45) is 7.05 Å². The molecule has 0 bridgehead atoms. The van der Waals surface area contributed by atoms with E-state index in [1.807, 2.05) is 6.92 Å². The molecular formula is C14H15N3O4. The van der Waals surface area contributed by atoms with Gasteiger partial charge in [-0.05, 0) is 13.0 Å². The third kappa shape index (κ3) is 2.10. The summed E-state index contributed by atoms with van der Waals surface area (Å²) in [5, 5.41) is 14.8. The molecule has 1 aliphatic heterocycles. The summed E-state index contributed by atoms with van der Waals surface area (Å²) in [6.45, 7) is 2.43. The second kappa shape index (κ2) is 4.76. The molecular weight excluding hydrogens is 274 g/mol. The summed E-state index contributed by atoms with van der Waals surface area (Å²) in [5.41, 5.74) is 0.923. The Labute approximate surface area is 120 Å². The van der Waals surface area contributed by atoms with Gasteiger partial charge >= 0.3 is 0 Å². The third-order valence-electron chi connectivity index (χ3n) is 3.74. The number of anilines is 1. The standard InChI is InChI=1S/C14H15N3O4/c1-8-5-6-21-13-12(15-8)10-7-9(17(19)20)3-4-11(10)16(2)14(13)18/h3-4,7-8,15H,5-6H2,1-2H3. The van der Waals surface area contributed by atoms with Gasteiger partial charge in [0.15, 0.2) is 0 Å². The third-order valence-corrected chi connectivity index (χ3v) is 3.74. The van der Waals surface area contributed by atoms with Crippen LogP contribution in [0.1, 0.15) is 13.3 Å². The number of nitrogens with zero attached hydrogens (tertiary/aromatic N) is 2.